The van der Waals surface area contributed by atoms with E-state index in [1.54, 1.807) is 0 Å². The smallest absolute Gasteiger partial charge is 0.230 e. The third-order valence-corrected chi connectivity index (χ3v) is 10.7. The fraction of sp³-hybridized carbons (Fsp3) is 0.688. The fourth-order valence-electron chi connectivity index (χ4n) is 7.43. The molecule has 1 amide bonds. The van der Waals surface area contributed by atoms with E-state index in [9.17, 15) is 4.79 Å². The summed E-state index contributed by atoms with van der Waals surface area (Å²) < 4.78 is 8.96. The van der Waals surface area contributed by atoms with Gasteiger partial charge in [0.1, 0.15) is 5.75 Å². The summed E-state index contributed by atoms with van der Waals surface area (Å²) in [6.07, 6.45) is 14.4. The highest BCUT2D eigenvalue weighted by molar-refractivity contribution is 5.99. The number of hydrogen-bond donors (Lipinski definition) is 1. The van der Waals surface area contributed by atoms with Crippen LogP contribution in [0.15, 0.2) is 24.5 Å². The van der Waals surface area contributed by atoms with Crippen LogP contribution in [0, 0.1) is 5.92 Å². The van der Waals surface area contributed by atoms with E-state index in [0.29, 0.717) is 18.1 Å². The van der Waals surface area contributed by atoms with Crippen molar-refractivity contribution in [1.29, 1.82) is 0 Å². The number of ether oxygens (including phenoxy) is 1. The molecule has 1 aromatic carbocycles. The van der Waals surface area contributed by atoms with E-state index < -0.39 is 0 Å². The first-order chi connectivity index (χ1) is 19.6. The number of nitrogens with one attached hydrogen (secondary N) is 1. The van der Waals surface area contributed by atoms with Crippen molar-refractivity contribution in [3.05, 3.63) is 30.1 Å². The number of hydrogen-bond acceptors (Lipinski definition) is 6. The lowest BCUT2D eigenvalue weighted by atomic mass is 9.91. The lowest BCUT2D eigenvalue weighted by molar-refractivity contribution is -0.120. The second-order valence-electron chi connectivity index (χ2n) is 13.4. The second-order valence-corrected chi connectivity index (χ2v) is 13.4. The molecule has 5 heterocycles. The molecule has 8 rings (SSSR count). The maximum Gasteiger partial charge on any atom is 0.230 e. The standard InChI is InChI=1S/C32H44N6O2/c1-21-5-8-29-30(38(21)32(39)22-6-7-22)10-9-28(31(29)40-27-3-2-4-27)23-15-34-37(18-23)24-11-13-35(14-12-24)26-19-36(20-26)25-16-33-17-25/h9-10,15,18,21-22,24-27,33H,2-8,11-14,16-17,19-20H2,1H3/t21-/m0/s1. The minimum Gasteiger partial charge on any atom is -0.489 e. The number of likely N-dealkylation sites (tertiary alicyclic amines) is 2. The molecule has 6 aliphatic rings. The van der Waals surface area contributed by atoms with Gasteiger partial charge in [0.25, 0.3) is 0 Å². The number of amides is 1. The Morgan fingerprint density at radius 3 is 2.42 bits per heavy atom. The van der Waals surface area contributed by atoms with Crippen LogP contribution in [0.1, 0.15) is 69.9 Å². The van der Waals surface area contributed by atoms with Crippen molar-refractivity contribution in [2.45, 2.75) is 95.0 Å². The van der Waals surface area contributed by atoms with Crippen molar-refractivity contribution in [1.82, 2.24) is 24.9 Å². The van der Waals surface area contributed by atoms with Gasteiger partial charge >= 0.3 is 0 Å². The summed E-state index contributed by atoms with van der Waals surface area (Å²) in [6.45, 7) is 9.36. The summed E-state index contributed by atoms with van der Waals surface area (Å²) >= 11 is 0. The van der Waals surface area contributed by atoms with Gasteiger partial charge in [0.15, 0.2) is 0 Å². The molecule has 0 spiro atoms. The van der Waals surface area contributed by atoms with Gasteiger partial charge in [-0.2, -0.15) is 5.10 Å². The first kappa shape index (κ1) is 25.3. The van der Waals surface area contributed by atoms with Gasteiger partial charge in [-0.05, 0) is 76.8 Å². The molecule has 4 aliphatic heterocycles. The van der Waals surface area contributed by atoms with Gasteiger partial charge < -0.3 is 15.0 Å². The number of rotatable bonds is 7. The average Bonchev–Trinajstić information content (AvgIpc) is 3.63. The minimum atomic E-state index is 0.219. The lowest BCUT2D eigenvalue weighted by Crippen LogP contribution is -2.69. The molecule has 2 aromatic rings. The Morgan fingerprint density at radius 1 is 0.950 bits per heavy atom. The molecule has 1 aromatic heterocycles. The molecule has 1 atom stereocenters. The number of aromatic nitrogens is 2. The molecular weight excluding hydrogens is 500 g/mol. The molecule has 2 aliphatic carbocycles. The lowest BCUT2D eigenvalue weighted by Gasteiger charge is -2.52. The molecule has 1 N–H and O–H groups in total. The zero-order valence-electron chi connectivity index (χ0n) is 23.9. The molecule has 8 nitrogen and oxygen atoms in total. The van der Waals surface area contributed by atoms with Gasteiger partial charge in [-0.3, -0.25) is 19.3 Å². The van der Waals surface area contributed by atoms with E-state index in [0.717, 1.165) is 86.0 Å². The summed E-state index contributed by atoms with van der Waals surface area (Å²) in [7, 11) is 0. The molecule has 0 unspecified atom stereocenters. The highest BCUT2D eigenvalue weighted by Gasteiger charge is 2.41. The van der Waals surface area contributed by atoms with Gasteiger partial charge in [-0.25, -0.2) is 0 Å². The van der Waals surface area contributed by atoms with Crippen LogP contribution in [0.2, 0.25) is 0 Å². The van der Waals surface area contributed by atoms with Crippen molar-refractivity contribution in [3.8, 4) is 16.9 Å². The summed E-state index contributed by atoms with van der Waals surface area (Å²) in [4.78, 5) is 20.7. The number of anilines is 1. The number of carbonyl (C=O) groups excluding carboxylic acids is 1. The van der Waals surface area contributed by atoms with Crippen LogP contribution in [-0.4, -0.2) is 89.0 Å². The molecule has 0 bridgehead atoms. The quantitative estimate of drug-likeness (QED) is 0.571. The molecule has 2 saturated carbocycles. The Bertz CT molecular complexity index is 1250. The van der Waals surface area contributed by atoms with Crippen LogP contribution >= 0.6 is 0 Å². The predicted molar refractivity (Wildman–Crippen MR) is 156 cm³/mol. The number of fused-ring (bicyclic) bond motifs is 1. The number of benzene rings is 1. The topological polar surface area (TPSA) is 65.9 Å². The van der Waals surface area contributed by atoms with Gasteiger partial charge in [0.05, 0.1) is 24.0 Å². The van der Waals surface area contributed by atoms with Gasteiger partial charge in [0, 0.05) is 86.2 Å². The predicted octanol–water partition coefficient (Wildman–Crippen LogP) is 3.85. The third kappa shape index (κ3) is 4.47. The summed E-state index contributed by atoms with van der Waals surface area (Å²) in [6, 6.07) is 6.61. The van der Waals surface area contributed by atoms with Crippen molar-refractivity contribution >= 4 is 11.6 Å². The first-order valence-electron chi connectivity index (χ1n) is 16.0. The average molecular weight is 545 g/mol. The molecule has 40 heavy (non-hydrogen) atoms. The Balaban J connectivity index is 1.00. The van der Waals surface area contributed by atoms with E-state index in [1.165, 1.54) is 51.3 Å². The maximum atomic E-state index is 13.3. The molecule has 8 heteroatoms. The molecule has 3 saturated heterocycles. The minimum absolute atomic E-state index is 0.219. The highest BCUT2D eigenvalue weighted by Crippen LogP contribution is 2.46. The van der Waals surface area contributed by atoms with Crippen LogP contribution in [0.3, 0.4) is 0 Å². The fourth-order valence-corrected chi connectivity index (χ4v) is 7.43. The Morgan fingerprint density at radius 2 is 1.75 bits per heavy atom. The number of piperidine rings is 1. The number of carbonyl (C=O) groups is 1. The normalized spacial score (nSPS) is 27.1. The Kier molecular flexibility index (Phi) is 6.41. The van der Waals surface area contributed by atoms with Crippen molar-refractivity contribution in [2.75, 3.05) is 44.2 Å². The zero-order valence-corrected chi connectivity index (χ0v) is 23.9. The van der Waals surface area contributed by atoms with Crippen molar-refractivity contribution in [2.24, 2.45) is 5.92 Å². The van der Waals surface area contributed by atoms with Crippen LogP contribution in [-0.2, 0) is 11.2 Å². The molecule has 214 valence electrons. The van der Waals surface area contributed by atoms with Crippen LogP contribution < -0.4 is 15.0 Å². The van der Waals surface area contributed by atoms with Gasteiger partial charge in [-0.1, -0.05) is 0 Å². The molecule has 5 fully saturated rings. The van der Waals surface area contributed by atoms with Crippen LogP contribution in [0.4, 0.5) is 5.69 Å². The highest BCUT2D eigenvalue weighted by atomic mass is 16.5. The number of nitrogens with zero attached hydrogens (tertiary/aromatic N) is 5. The van der Waals surface area contributed by atoms with E-state index in [1.807, 2.05) is 6.20 Å². The third-order valence-electron chi connectivity index (χ3n) is 10.7. The van der Waals surface area contributed by atoms with E-state index in [4.69, 9.17) is 9.84 Å². The van der Waals surface area contributed by atoms with E-state index >= 15 is 0 Å². The van der Waals surface area contributed by atoms with Crippen molar-refractivity contribution in [3.63, 3.8) is 0 Å². The second kappa shape index (κ2) is 10.1. The maximum absolute atomic E-state index is 13.3. The zero-order chi connectivity index (χ0) is 26.8. The van der Waals surface area contributed by atoms with Crippen LogP contribution in [0.5, 0.6) is 5.75 Å². The van der Waals surface area contributed by atoms with Crippen molar-refractivity contribution < 1.29 is 9.53 Å². The van der Waals surface area contributed by atoms with Crippen LogP contribution in [0.25, 0.3) is 11.1 Å². The van der Waals surface area contributed by atoms with E-state index in [2.05, 4.69) is 50.0 Å². The SMILES string of the molecule is C[C@H]1CCc2c(ccc(-c3cnn(C4CCN(C5CN(C6CNC6)C5)CC4)c3)c2OC2CCC2)N1C(=O)C1CC1. The summed E-state index contributed by atoms with van der Waals surface area (Å²) in [5.74, 6) is 1.54. The van der Waals surface area contributed by atoms with E-state index in [-0.39, 0.29) is 12.0 Å². The molecular formula is C32H44N6O2. The molecule has 0 radical (unpaired) electrons. The van der Waals surface area contributed by atoms with Gasteiger partial charge in [-0.15, -0.1) is 0 Å². The summed E-state index contributed by atoms with van der Waals surface area (Å²) in [5.41, 5.74) is 4.59. The Hall–Kier alpha value is -2.42. The monoisotopic (exact) mass is 544 g/mol. The van der Waals surface area contributed by atoms with Gasteiger partial charge in [0.2, 0.25) is 5.91 Å². The summed E-state index contributed by atoms with van der Waals surface area (Å²) in [5, 5.41) is 8.29. The Labute approximate surface area is 238 Å². The first-order valence-corrected chi connectivity index (χ1v) is 16.0. The largest absolute Gasteiger partial charge is 0.489 e.